The second kappa shape index (κ2) is 18.7. The van der Waals surface area contributed by atoms with Crippen molar-refractivity contribution in [1.82, 2.24) is 15.2 Å². The van der Waals surface area contributed by atoms with Crippen LogP contribution in [0.3, 0.4) is 0 Å². The van der Waals surface area contributed by atoms with Crippen molar-refractivity contribution in [2.75, 3.05) is 32.8 Å². The van der Waals surface area contributed by atoms with Crippen LogP contribution in [0.5, 0.6) is 17.2 Å². The van der Waals surface area contributed by atoms with E-state index in [9.17, 15) is 25.1 Å². The van der Waals surface area contributed by atoms with Gasteiger partial charge in [-0.15, -0.1) is 0 Å². The van der Waals surface area contributed by atoms with Crippen LogP contribution in [0.4, 0.5) is 0 Å². The molecule has 11 nitrogen and oxygen atoms in total. The van der Waals surface area contributed by atoms with Gasteiger partial charge in [0.15, 0.2) is 0 Å². The molecular formula is C41H44Cl2N4O7. The highest BCUT2D eigenvalue weighted by Crippen LogP contribution is 2.39. The third kappa shape index (κ3) is 10.4. The van der Waals surface area contributed by atoms with Gasteiger partial charge in [-0.3, -0.25) is 10.3 Å². The first kappa shape index (κ1) is 40.6. The standard InChI is InChI=1S/C41H44Cl2N4O7/c1-28-31(6-3-7-33(28)34-8-4-9-36(39(34)43)52-15-5-12-47-13-10-41(51,25-47)11-14-48)24-54-38-18-37(53-23-30-16-29(19-44)20-45-21-30)32(17-35(38)42)22-46-40(2,26-49)27-50/h3-4,6-9,14,16-18,20-21,26,46,50-51H,5,10-13,15,22-25,27H2,1-2H3/t40-,41?/m1/s1. The number of hydrogen-bond donors (Lipinski definition) is 3. The van der Waals surface area contributed by atoms with Crippen LogP contribution in [0.25, 0.3) is 11.1 Å². The molecule has 1 fully saturated rings. The number of carbonyl (C=O) groups is 2. The van der Waals surface area contributed by atoms with Crippen LogP contribution < -0.4 is 19.5 Å². The molecule has 1 aliphatic heterocycles. The van der Waals surface area contributed by atoms with Crippen molar-refractivity contribution in [2.24, 2.45) is 0 Å². The lowest BCUT2D eigenvalue weighted by atomic mass is 9.96. The van der Waals surface area contributed by atoms with E-state index >= 15 is 0 Å². The summed E-state index contributed by atoms with van der Waals surface area (Å²) in [6.45, 7) is 6.06. The summed E-state index contributed by atoms with van der Waals surface area (Å²) < 4.78 is 18.5. The molecule has 5 rings (SSSR count). The number of aliphatic hydroxyl groups excluding tert-OH is 1. The van der Waals surface area contributed by atoms with Gasteiger partial charge in [-0.05, 0) is 61.6 Å². The molecule has 1 unspecified atom stereocenters. The average Bonchev–Trinajstić information content (AvgIpc) is 3.55. The van der Waals surface area contributed by atoms with Crippen LogP contribution in [0.15, 0.2) is 67.0 Å². The van der Waals surface area contributed by atoms with E-state index in [1.165, 1.54) is 6.20 Å². The van der Waals surface area contributed by atoms with Crippen molar-refractivity contribution >= 4 is 35.8 Å². The minimum atomic E-state index is -1.16. The molecule has 0 spiro atoms. The number of nitrogens with zero attached hydrogens (tertiary/aromatic N) is 3. The molecule has 0 saturated carbocycles. The van der Waals surface area contributed by atoms with Gasteiger partial charge in [0, 0.05) is 67.8 Å². The normalized spacial score (nSPS) is 16.7. The molecule has 0 aliphatic carbocycles. The highest BCUT2D eigenvalue weighted by atomic mass is 35.5. The van der Waals surface area contributed by atoms with Gasteiger partial charge in [0.1, 0.15) is 49.1 Å². The lowest BCUT2D eigenvalue weighted by Gasteiger charge is -2.23. The molecule has 0 amide bonds. The fourth-order valence-corrected chi connectivity index (χ4v) is 6.74. The van der Waals surface area contributed by atoms with E-state index in [0.717, 1.165) is 48.1 Å². The van der Waals surface area contributed by atoms with Crippen LogP contribution in [0.2, 0.25) is 10.0 Å². The first-order valence-electron chi connectivity index (χ1n) is 17.6. The van der Waals surface area contributed by atoms with Crippen LogP contribution in [0, 0.1) is 18.3 Å². The van der Waals surface area contributed by atoms with Gasteiger partial charge in [0.2, 0.25) is 0 Å². The number of nitriles is 1. The Morgan fingerprint density at radius 3 is 2.56 bits per heavy atom. The van der Waals surface area contributed by atoms with Gasteiger partial charge in [-0.1, -0.05) is 53.5 Å². The maximum atomic E-state index is 11.6. The van der Waals surface area contributed by atoms with Crippen LogP contribution in [-0.2, 0) is 29.3 Å². The molecule has 0 bridgehead atoms. The first-order valence-corrected chi connectivity index (χ1v) is 18.4. The second-order valence-corrected chi connectivity index (χ2v) is 14.5. The number of carbonyl (C=O) groups excluding carboxylic acids is 2. The molecule has 2 atom stereocenters. The molecule has 54 heavy (non-hydrogen) atoms. The Labute approximate surface area is 325 Å². The molecule has 1 saturated heterocycles. The van der Waals surface area contributed by atoms with Gasteiger partial charge >= 0.3 is 0 Å². The summed E-state index contributed by atoms with van der Waals surface area (Å²) in [7, 11) is 0. The predicted octanol–water partition coefficient (Wildman–Crippen LogP) is 6.23. The van der Waals surface area contributed by atoms with Crippen LogP contribution in [-0.4, -0.2) is 76.7 Å². The Morgan fingerprint density at radius 1 is 1.02 bits per heavy atom. The van der Waals surface area contributed by atoms with E-state index in [4.69, 9.17) is 37.4 Å². The monoisotopic (exact) mass is 774 g/mol. The number of hydrogen-bond acceptors (Lipinski definition) is 11. The quantitative estimate of drug-likeness (QED) is 0.0734. The van der Waals surface area contributed by atoms with Crippen molar-refractivity contribution < 1.29 is 34.0 Å². The number of benzene rings is 3. The van der Waals surface area contributed by atoms with Crippen LogP contribution >= 0.6 is 23.2 Å². The lowest BCUT2D eigenvalue weighted by molar-refractivity contribution is -0.114. The molecule has 1 aliphatic rings. The molecular weight excluding hydrogens is 731 g/mol. The number of aliphatic hydroxyl groups is 2. The van der Waals surface area contributed by atoms with E-state index < -0.39 is 17.7 Å². The Kier molecular flexibility index (Phi) is 14.1. The van der Waals surface area contributed by atoms with Gasteiger partial charge in [0.05, 0.1) is 40.0 Å². The number of aromatic nitrogens is 1. The van der Waals surface area contributed by atoms with Gasteiger partial charge in [-0.2, -0.15) is 5.26 Å². The Hall–Kier alpha value is -4.54. The van der Waals surface area contributed by atoms with Crippen molar-refractivity contribution in [3.63, 3.8) is 0 Å². The van der Waals surface area contributed by atoms with Crippen LogP contribution in [0.1, 0.15) is 54.0 Å². The fourth-order valence-electron chi connectivity index (χ4n) is 6.22. The molecule has 2 heterocycles. The summed E-state index contributed by atoms with van der Waals surface area (Å²) in [5.74, 6) is 1.38. The zero-order valence-electron chi connectivity index (χ0n) is 30.3. The van der Waals surface area contributed by atoms with Crippen molar-refractivity contribution in [3.05, 3.63) is 105 Å². The molecule has 1 aromatic heterocycles. The first-order chi connectivity index (χ1) is 26.0. The summed E-state index contributed by atoms with van der Waals surface area (Å²) in [6, 6.07) is 18.7. The highest BCUT2D eigenvalue weighted by Gasteiger charge is 2.35. The van der Waals surface area contributed by atoms with Gasteiger partial charge < -0.3 is 38.9 Å². The van der Waals surface area contributed by atoms with E-state index in [0.29, 0.717) is 69.8 Å². The van der Waals surface area contributed by atoms with Gasteiger partial charge in [-0.25, -0.2) is 0 Å². The minimum Gasteiger partial charge on any atom is -0.492 e. The Bertz CT molecular complexity index is 1990. The third-order valence-electron chi connectivity index (χ3n) is 9.54. The molecule has 0 radical (unpaired) electrons. The largest absolute Gasteiger partial charge is 0.492 e. The summed E-state index contributed by atoms with van der Waals surface area (Å²) in [6.07, 6.45) is 5.99. The number of halogens is 2. The molecule has 3 aromatic carbocycles. The number of pyridine rings is 1. The Balaban J connectivity index is 1.28. The maximum absolute atomic E-state index is 11.6. The zero-order chi connectivity index (χ0) is 38.7. The number of β-amino-alcohol motifs (C(OH)–C–C–N with tert-alkyl or cyclic N) is 1. The number of likely N-dealkylation sites (tertiary alicyclic amines) is 1. The third-order valence-corrected chi connectivity index (χ3v) is 10.2. The lowest BCUT2D eigenvalue weighted by Crippen LogP contribution is -2.46. The summed E-state index contributed by atoms with van der Waals surface area (Å²) in [4.78, 5) is 28.8. The number of aldehydes is 2. The van der Waals surface area contributed by atoms with Crippen molar-refractivity contribution in [1.29, 1.82) is 5.26 Å². The fraction of sp³-hybridized carbons (Fsp3) is 0.366. The molecule has 13 heteroatoms. The minimum absolute atomic E-state index is 0.109. The van der Waals surface area contributed by atoms with Gasteiger partial charge in [0.25, 0.3) is 0 Å². The van der Waals surface area contributed by atoms with Crippen molar-refractivity contribution in [2.45, 2.75) is 64.0 Å². The second-order valence-electron chi connectivity index (χ2n) is 13.7. The molecule has 284 valence electrons. The van der Waals surface area contributed by atoms with Crippen molar-refractivity contribution in [3.8, 4) is 34.4 Å². The summed E-state index contributed by atoms with van der Waals surface area (Å²) in [5, 5.41) is 33.4. The van der Waals surface area contributed by atoms with E-state index in [1.54, 1.807) is 31.3 Å². The highest BCUT2D eigenvalue weighted by molar-refractivity contribution is 6.35. The SMILES string of the molecule is Cc1c(COc2cc(OCc3cncc(C#N)c3)c(CN[C@](C)(C=O)CO)cc2Cl)cccc1-c1cccc(OCCCN2CCC(O)(CC=O)C2)c1Cl. The summed E-state index contributed by atoms with van der Waals surface area (Å²) in [5.41, 5.74) is 3.23. The maximum Gasteiger partial charge on any atom is 0.142 e. The topological polar surface area (TPSA) is 154 Å². The Morgan fingerprint density at radius 2 is 1.80 bits per heavy atom. The predicted molar refractivity (Wildman–Crippen MR) is 206 cm³/mol. The summed E-state index contributed by atoms with van der Waals surface area (Å²) >= 11 is 13.6. The molecule has 4 aromatic rings. The molecule has 3 N–H and O–H groups in total. The van der Waals surface area contributed by atoms with E-state index in [-0.39, 0.29) is 26.2 Å². The average molecular weight is 776 g/mol. The smallest absolute Gasteiger partial charge is 0.142 e. The zero-order valence-corrected chi connectivity index (χ0v) is 31.8. The number of ether oxygens (including phenoxy) is 3. The van der Waals surface area contributed by atoms with E-state index in [2.05, 4.69) is 21.3 Å². The van der Waals surface area contributed by atoms with E-state index in [1.807, 2.05) is 43.3 Å². The number of rotatable bonds is 19. The number of nitrogens with one attached hydrogen (secondary N) is 1.